The Balaban J connectivity index is 1.63. The van der Waals surface area contributed by atoms with Crippen LogP contribution in [0.15, 0.2) is 79.9 Å². The van der Waals surface area contributed by atoms with Crippen LogP contribution in [0.4, 0.5) is 11.4 Å². The summed E-state index contributed by atoms with van der Waals surface area (Å²) in [5.41, 5.74) is 1.12. The summed E-state index contributed by atoms with van der Waals surface area (Å²) in [4.78, 5) is 50.2. The summed E-state index contributed by atoms with van der Waals surface area (Å²) in [6.07, 6.45) is 3.08. The van der Waals surface area contributed by atoms with Crippen LogP contribution in [0, 0.1) is 11.8 Å². The maximum atomic E-state index is 15.0. The number of halogens is 1. The number of alkyl halides is 1. The highest BCUT2D eigenvalue weighted by molar-refractivity contribution is 9.09. The minimum Gasteiger partial charge on any atom is -0.394 e. The number of carbonyl (C=O) groups is 3. The molecule has 0 aromatic heterocycles. The lowest BCUT2D eigenvalue weighted by Gasteiger charge is -2.39. The van der Waals surface area contributed by atoms with Crippen molar-refractivity contribution in [2.45, 2.75) is 48.9 Å². The van der Waals surface area contributed by atoms with E-state index >= 15 is 4.79 Å². The van der Waals surface area contributed by atoms with Crippen molar-refractivity contribution < 1.29 is 24.2 Å². The zero-order valence-corrected chi connectivity index (χ0v) is 27.8. The predicted octanol–water partition coefficient (Wildman–Crippen LogP) is 4.18. The van der Waals surface area contributed by atoms with Gasteiger partial charge in [0, 0.05) is 49.4 Å². The number of nitrogens with zero attached hydrogens (tertiary/aromatic N) is 4. The van der Waals surface area contributed by atoms with Crippen molar-refractivity contribution in [3.05, 3.63) is 85.5 Å². The Morgan fingerprint density at radius 3 is 2.24 bits per heavy atom. The summed E-state index contributed by atoms with van der Waals surface area (Å²) in [6.45, 7) is 13.7. The summed E-state index contributed by atoms with van der Waals surface area (Å²) >= 11 is 3.75. The average molecular weight is 680 g/mol. The van der Waals surface area contributed by atoms with Crippen LogP contribution >= 0.6 is 15.9 Å². The fourth-order valence-corrected chi connectivity index (χ4v) is 8.51. The molecule has 10 heteroatoms. The number of hydrogen-bond acceptors (Lipinski definition) is 6. The molecule has 3 heterocycles. The van der Waals surface area contributed by atoms with Crippen LogP contribution in [0.1, 0.15) is 31.9 Å². The summed E-state index contributed by atoms with van der Waals surface area (Å²) < 4.78 is 6.72. The maximum Gasteiger partial charge on any atom is 0.253 e. The van der Waals surface area contributed by atoms with Gasteiger partial charge in [-0.3, -0.25) is 14.4 Å². The van der Waals surface area contributed by atoms with Crippen molar-refractivity contribution in [1.29, 1.82) is 0 Å². The quantitative estimate of drug-likeness (QED) is 0.253. The van der Waals surface area contributed by atoms with E-state index in [1.54, 1.807) is 29.0 Å². The number of carbonyl (C=O) groups excluding carboxylic acids is 3. The molecule has 3 aliphatic rings. The molecule has 3 fully saturated rings. The van der Waals surface area contributed by atoms with Crippen molar-refractivity contribution in [3.8, 4) is 0 Å². The van der Waals surface area contributed by atoms with E-state index in [2.05, 4.69) is 47.8 Å². The SMILES string of the molecule is C=CCN(C)C(=O)[C@H]1[C@@H]2OC3(CC2Br)C(C(=O)N(CC=C)c2ccc(N(CC)CC)cc2)N([C@H](CO)c2ccccc2)C(=O)[C@H]13. The second-order valence-electron chi connectivity index (χ2n) is 12.0. The molecule has 240 valence electrons. The molecule has 3 saturated heterocycles. The number of benzene rings is 2. The van der Waals surface area contributed by atoms with Crippen LogP contribution in [-0.2, 0) is 19.1 Å². The van der Waals surface area contributed by atoms with Gasteiger partial charge in [-0.05, 0) is 50.1 Å². The molecule has 3 aliphatic heterocycles. The first-order chi connectivity index (χ1) is 21.7. The monoisotopic (exact) mass is 678 g/mol. The van der Waals surface area contributed by atoms with Crippen LogP contribution in [0.3, 0.4) is 0 Å². The van der Waals surface area contributed by atoms with Crippen LogP contribution in [0.2, 0.25) is 0 Å². The predicted molar refractivity (Wildman–Crippen MR) is 179 cm³/mol. The lowest BCUT2D eigenvalue weighted by atomic mass is 9.70. The maximum absolute atomic E-state index is 15.0. The average Bonchev–Trinajstić information content (AvgIpc) is 3.64. The van der Waals surface area contributed by atoms with Gasteiger partial charge in [0.05, 0.1) is 30.6 Å². The number of aliphatic hydroxyl groups excluding tert-OH is 1. The number of likely N-dealkylation sites (N-methyl/N-ethyl adjacent to an activating group) is 1. The fraction of sp³-hybridized carbons (Fsp3) is 0.457. The molecular weight excluding hydrogens is 636 g/mol. The molecule has 3 amide bonds. The second-order valence-corrected chi connectivity index (χ2v) is 13.1. The van der Waals surface area contributed by atoms with Crippen molar-refractivity contribution >= 4 is 45.0 Å². The van der Waals surface area contributed by atoms with E-state index in [1.165, 1.54) is 4.90 Å². The first-order valence-electron chi connectivity index (χ1n) is 15.6. The lowest BCUT2D eigenvalue weighted by Crippen LogP contribution is -2.57. The van der Waals surface area contributed by atoms with E-state index in [1.807, 2.05) is 54.6 Å². The molecule has 0 aliphatic carbocycles. The molecule has 2 bridgehead atoms. The zero-order valence-electron chi connectivity index (χ0n) is 26.2. The fourth-order valence-electron chi connectivity index (χ4n) is 7.56. The largest absolute Gasteiger partial charge is 0.394 e. The third-order valence-electron chi connectivity index (χ3n) is 9.59. The molecule has 1 spiro atoms. The summed E-state index contributed by atoms with van der Waals surface area (Å²) in [5, 5.41) is 10.8. The van der Waals surface area contributed by atoms with Crippen LogP contribution in [0.5, 0.6) is 0 Å². The van der Waals surface area contributed by atoms with Crippen LogP contribution in [0.25, 0.3) is 0 Å². The topological polar surface area (TPSA) is 93.6 Å². The molecule has 2 aromatic carbocycles. The molecule has 9 nitrogen and oxygen atoms in total. The van der Waals surface area contributed by atoms with Gasteiger partial charge in [-0.25, -0.2) is 0 Å². The Morgan fingerprint density at radius 2 is 1.67 bits per heavy atom. The van der Waals surface area contributed by atoms with E-state index < -0.39 is 42.2 Å². The van der Waals surface area contributed by atoms with Gasteiger partial charge in [0.15, 0.2) is 0 Å². The van der Waals surface area contributed by atoms with Gasteiger partial charge in [-0.15, -0.1) is 13.2 Å². The Hall–Kier alpha value is -3.47. The van der Waals surface area contributed by atoms with Crippen molar-refractivity contribution in [1.82, 2.24) is 9.80 Å². The third kappa shape index (κ3) is 5.51. The highest BCUT2D eigenvalue weighted by Gasteiger charge is 2.77. The molecule has 45 heavy (non-hydrogen) atoms. The molecule has 2 aromatic rings. The minimum absolute atomic E-state index is 0.198. The molecule has 3 unspecified atom stereocenters. The van der Waals surface area contributed by atoms with Gasteiger partial charge in [0.1, 0.15) is 11.6 Å². The standard InChI is InChI=1S/C35H43BrN4O5/c1-6-19-37(5)32(42)28-29-33(43)40(27(22-41)23-13-11-10-12-14-23)31(35(29)21-26(36)30(28)45-35)34(44)39(20-7-2)25-17-15-24(16-18-25)38(8-3)9-4/h6-7,10-18,26-31,41H,1-2,8-9,19-22H2,3-5H3/t26?,27-,28-,29+,30-,31?,35?/m1/s1. The first kappa shape index (κ1) is 32.9. The van der Waals surface area contributed by atoms with E-state index in [4.69, 9.17) is 4.74 Å². The van der Waals surface area contributed by atoms with Crippen LogP contribution < -0.4 is 9.80 Å². The number of rotatable bonds is 13. The molecule has 1 N–H and O–H groups in total. The lowest BCUT2D eigenvalue weighted by molar-refractivity contribution is -0.147. The van der Waals surface area contributed by atoms with Crippen molar-refractivity contribution in [2.24, 2.45) is 11.8 Å². The van der Waals surface area contributed by atoms with Crippen molar-refractivity contribution in [3.63, 3.8) is 0 Å². The smallest absolute Gasteiger partial charge is 0.253 e. The summed E-state index contributed by atoms with van der Waals surface area (Å²) in [5.74, 6) is -2.62. The highest BCUT2D eigenvalue weighted by atomic mass is 79.9. The molecular formula is C35H43BrN4O5. The molecule has 7 atom stereocenters. The number of likely N-dealkylation sites (tertiary alicyclic amines) is 1. The Kier molecular flexibility index (Phi) is 9.86. The Labute approximate surface area is 274 Å². The van der Waals surface area contributed by atoms with E-state index in [-0.39, 0.29) is 29.1 Å². The second kappa shape index (κ2) is 13.5. The highest BCUT2D eigenvalue weighted by Crippen LogP contribution is 2.61. The van der Waals surface area contributed by atoms with Gasteiger partial charge in [0.25, 0.3) is 5.91 Å². The van der Waals surface area contributed by atoms with Gasteiger partial charge in [-0.2, -0.15) is 0 Å². The normalized spacial score (nSPS) is 27.2. The molecule has 0 saturated carbocycles. The number of anilines is 2. The number of hydrogen-bond donors (Lipinski definition) is 1. The number of fused-ring (bicyclic) bond motifs is 1. The summed E-state index contributed by atoms with van der Waals surface area (Å²) in [7, 11) is 1.68. The third-order valence-corrected chi connectivity index (χ3v) is 10.4. The number of ether oxygens (including phenoxy) is 1. The Morgan fingerprint density at radius 1 is 1.04 bits per heavy atom. The van der Waals surface area contributed by atoms with Crippen molar-refractivity contribution in [2.75, 3.05) is 49.6 Å². The van der Waals surface area contributed by atoms with E-state index in [9.17, 15) is 14.7 Å². The van der Waals surface area contributed by atoms with Gasteiger partial charge in [0.2, 0.25) is 11.8 Å². The summed E-state index contributed by atoms with van der Waals surface area (Å²) in [6, 6.07) is 15.1. The van der Waals surface area contributed by atoms with Gasteiger partial charge >= 0.3 is 0 Å². The number of amides is 3. The number of aliphatic hydroxyl groups is 1. The van der Waals surface area contributed by atoms with E-state index in [0.717, 1.165) is 18.8 Å². The first-order valence-corrected chi connectivity index (χ1v) is 16.5. The zero-order chi connectivity index (χ0) is 32.5. The molecule has 0 radical (unpaired) electrons. The van der Waals surface area contributed by atoms with Crippen LogP contribution in [-0.4, -0.2) is 95.0 Å². The molecule has 5 rings (SSSR count). The minimum atomic E-state index is -1.27. The van der Waals surface area contributed by atoms with Gasteiger partial charge in [-0.1, -0.05) is 58.4 Å². The van der Waals surface area contributed by atoms with E-state index in [0.29, 0.717) is 24.2 Å². The van der Waals surface area contributed by atoms with Gasteiger partial charge < -0.3 is 29.4 Å². The Bertz CT molecular complexity index is 1420.